The summed E-state index contributed by atoms with van der Waals surface area (Å²) in [4.78, 5) is 39.1. The van der Waals surface area contributed by atoms with Crippen LogP contribution in [0.3, 0.4) is 0 Å². The number of carbonyl (C=O) groups excluding carboxylic acids is 3. The van der Waals surface area contributed by atoms with Crippen molar-refractivity contribution in [2.45, 2.75) is 96.9 Å². The smallest absolute Gasteiger partial charge is 0.308 e. The van der Waals surface area contributed by atoms with E-state index in [-0.39, 0.29) is 24.8 Å². The summed E-state index contributed by atoms with van der Waals surface area (Å²) >= 11 is 3.47. The number of amides is 2. The van der Waals surface area contributed by atoms with Crippen LogP contribution in [-0.2, 0) is 25.5 Å². The Bertz CT molecular complexity index is 832. The number of nitrogens with zero attached hydrogens (tertiary/aromatic N) is 1. The molecule has 1 aliphatic rings. The first-order valence-corrected chi connectivity index (χ1v) is 14.4. The molecular weight excluding hydrogens is 524 g/mol. The van der Waals surface area contributed by atoms with Crippen LogP contribution in [0.15, 0.2) is 22.7 Å². The predicted molar refractivity (Wildman–Crippen MR) is 145 cm³/mol. The minimum atomic E-state index is -0.874. The van der Waals surface area contributed by atoms with Gasteiger partial charge in [0.2, 0.25) is 5.91 Å². The maximum Gasteiger partial charge on any atom is 0.308 e. The Morgan fingerprint density at radius 3 is 2.33 bits per heavy atom. The summed E-state index contributed by atoms with van der Waals surface area (Å²) in [7, 11) is 0. The van der Waals surface area contributed by atoms with Gasteiger partial charge in [0.25, 0.3) is 5.91 Å². The molecule has 0 aliphatic carbocycles. The van der Waals surface area contributed by atoms with Crippen molar-refractivity contribution in [3.63, 3.8) is 0 Å². The number of unbranched alkanes of at least 4 members (excludes halogenated alkanes) is 9. The maximum atomic E-state index is 12.9. The molecule has 0 aromatic heterocycles. The summed E-state index contributed by atoms with van der Waals surface area (Å²) in [6.07, 6.45) is 12.8. The normalized spacial score (nSPS) is 15.5. The topological polar surface area (TPSA) is 84.9 Å². The molecule has 1 saturated heterocycles. The van der Waals surface area contributed by atoms with E-state index in [1.807, 2.05) is 18.2 Å². The molecule has 2 amide bonds. The second-order valence-corrected chi connectivity index (χ2v) is 10.3. The lowest BCUT2D eigenvalue weighted by Crippen LogP contribution is -2.58. The number of aryl methyl sites for hydroxylation is 1. The Balaban J connectivity index is 1.69. The van der Waals surface area contributed by atoms with Gasteiger partial charge in [-0.2, -0.15) is 0 Å². The first kappa shape index (κ1) is 30.1. The van der Waals surface area contributed by atoms with Crippen molar-refractivity contribution >= 4 is 33.7 Å². The van der Waals surface area contributed by atoms with Gasteiger partial charge in [0.05, 0.1) is 17.5 Å². The van der Waals surface area contributed by atoms with Gasteiger partial charge in [-0.05, 0) is 46.5 Å². The fraction of sp³-hybridized carbons (Fsp3) is 0.679. The van der Waals surface area contributed by atoms with Crippen LogP contribution in [0.5, 0.6) is 5.75 Å². The van der Waals surface area contributed by atoms with Gasteiger partial charge >= 0.3 is 5.97 Å². The second-order valence-electron chi connectivity index (χ2n) is 9.41. The highest BCUT2D eigenvalue weighted by Gasteiger charge is 2.35. The number of rotatable bonds is 17. The molecule has 8 heteroatoms. The van der Waals surface area contributed by atoms with E-state index in [2.05, 4.69) is 35.1 Å². The number of esters is 1. The highest BCUT2D eigenvalue weighted by molar-refractivity contribution is 9.10. The average molecular weight is 568 g/mol. The van der Waals surface area contributed by atoms with Crippen molar-refractivity contribution in [3.8, 4) is 5.75 Å². The average Bonchev–Trinajstić information content (AvgIpc) is 2.87. The SMILES string of the molecule is CCCCCCCCCCCCOC(=O)CC1C(=O)NCCN1C(=O)COc1ccc(CC)cc1Br. The number of hydrogen-bond acceptors (Lipinski definition) is 5. The van der Waals surface area contributed by atoms with E-state index < -0.39 is 12.0 Å². The van der Waals surface area contributed by atoms with Crippen molar-refractivity contribution < 1.29 is 23.9 Å². The zero-order chi connectivity index (χ0) is 26.2. The van der Waals surface area contributed by atoms with Crippen molar-refractivity contribution in [3.05, 3.63) is 28.2 Å². The Morgan fingerprint density at radius 1 is 1.03 bits per heavy atom. The van der Waals surface area contributed by atoms with Crippen LogP contribution in [-0.4, -0.2) is 55.0 Å². The quantitative estimate of drug-likeness (QED) is 0.197. The predicted octanol–water partition coefficient (Wildman–Crippen LogP) is 5.57. The minimum Gasteiger partial charge on any atom is -0.483 e. The Morgan fingerprint density at radius 2 is 1.69 bits per heavy atom. The van der Waals surface area contributed by atoms with Gasteiger partial charge in [-0.3, -0.25) is 14.4 Å². The van der Waals surface area contributed by atoms with E-state index in [1.165, 1.54) is 49.8 Å². The van der Waals surface area contributed by atoms with Gasteiger partial charge in [0.15, 0.2) is 6.61 Å². The number of ether oxygens (including phenoxy) is 2. The van der Waals surface area contributed by atoms with Crippen LogP contribution in [0.4, 0.5) is 0 Å². The van der Waals surface area contributed by atoms with Gasteiger partial charge < -0.3 is 19.7 Å². The van der Waals surface area contributed by atoms with Crippen LogP contribution >= 0.6 is 15.9 Å². The molecule has 0 spiro atoms. The van der Waals surface area contributed by atoms with Crippen LogP contribution in [0.2, 0.25) is 0 Å². The van der Waals surface area contributed by atoms with E-state index >= 15 is 0 Å². The van der Waals surface area contributed by atoms with Crippen molar-refractivity contribution in [2.75, 3.05) is 26.3 Å². The molecule has 0 bridgehead atoms. The van der Waals surface area contributed by atoms with Gasteiger partial charge in [0, 0.05) is 13.1 Å². The van der Waals surface area contributed by atoms with Crippen LogP contribution in [0, 0.1) is 0 Å². The van der Waals surface area contributed by atoms with Gasteiger partial charge in [0.1, 0.15) is 11.8 Å². The highest BCUT2D eigenvalue weighted by atomic mass is 79.9. The molecule has 1 aliphatic heterocycles. The molecule has 36 heavy (non-hydrogen) atoms. The number of hydrogen-bond donors (Lipinski definition) is 1. The lowest BCUT2D eigenvalue weighted by molar-refractivity contribution is -0.152. The molecule has 202 valence electrons. The Hall–Kier alpha value is -2.09. The van der Waals surface area contributed by atoms with E-state index in [0.717, 1.165) is 35.7 Å². The fourth-order valence-corrected chi connectivity index (χ4v) is 4.85. The molecule has 1 unspecified atom stereocenters. The molecule has 7 nitrogen and oxygen atoms in total. The minimum absolute atomic E-state index is 0.149. The van der Waals surface area contributed by atoms with Crippen LogP contribution in [0.1, 0.15) is 90.0 Å². The van der Waals surface area contributed by atoms with Crippen LogP contribution in [0.25, 0.3) is 0 Å². The summed E-state index contributed by atoms with van der Waals surface area (Å²) in [6, 6.07) is 4.86. The molecular formula is C28H43BrN2O5. The van der Waals surface area contributed by atoms with Crippen LogP contribution < -0.4 is 10.1 Å². The summed E-state index contributed by atoms with van der Waals surface area (Å²) in [6.45, 7) is 5.12. The number of nitrogens with one attached hydrogen (secondary N) is 1. The summed E-state index contributed by atoms with van der Waals surface area (Å²) in [5.74, 6) is -0.554. The lowest BCUT2D eigenvalue weighted by Gasteiger charge is -2.34. The van der Waals surface area contributed by atoms with Crippen molar-refractivity contribution in [1.82, 2.24) is 10.2 Å². The fourth-order valence-electron chi connectivity index (χ4n) is 4.31. The van der Waals surface area contributed by atoms with Crippen molar-refractivity contribution in [2.24, 2.45) is 0 Å². The van der Waals surface area contributed by atoms with Gasteiger partial charge in [-0.1, -0.05) is 77.7 Å². The molecule has 1 fully saturated rings. The first-order valence-electron chi connectivity index (χ1n) is 13.6. The van der Waals surface area contributed by atoms with E-state index in [9.17, 15) is 14.4 Å². The first-order chi connectivity index (χ1) is 17.5. The van der Waals surface area contributed by atoms with Crippen molar-refractivity contribution in [1.29, 1.82) is 0 Å². The second kappa shape index (κ2) is 17.4. The summed E-state index contributed by atoms with van der Waals surface area (Å²) in [5, 5.41) is 2.74. The zero-order valence-electron chi connectivity index (χ0n) is 22.0. The number of halogens is 1. The maximum absolute atomic E-state index is 12.9. The number of carbonyl (C=O) groups is 3. The molecule has 1 heterocycles. The summed E-state index contributed by atoms with van der Waals surface area (Å²) in [5.41, 5.74) is 1.16. The van der Waals surface area contributed by atoms with Gasteiger partial charge in [-0.15, -0.1) is 0 Å². The molecule has 2 rings (SSSR count). The molecule has 1 aromatic carbocycles. The van der Waals surface area contributed by atoms with E-state index in [4.69, 9.17) is 9.47 Å². The third-order valence-electron chi connectivity index (χ3n) is 6.53. The Kier molecular flexibility index (Phi) is 14.5. The van der Waals surface area contributed by atoms with E-state index in [1.54, 1.807) is 0 Å². The standard InChI is InChI=1S/C28H43BrN2O5/c1-3-5-6-7-8-9-10-11-12-13-18-35-27(33)20-24-28(34)30-16-17-31(24)26(32)21-36-25-15-14-22(4-2)19-23(25)29/h14-15,19,24H,3-13,16-18,20-21H2,1-2H3,(H,30,34). The molecule has 0 saturated carbocycles. The Labute approximate surface area is 224 Å². The third-order valence-corrected chi connectivity index (χ3v) is 7.15. The largest absolute Gasteiger partial charge is 0.483 e. The number of piperazine rings is 1. The van der Waals surface area contributed by atoms with E-state index in [0.29, 0.717) is 25.4 Å². The highest BCUT2D eigenvalue weighted by Crippen LogP contribution is 2.26. The zero-order valence-corrected chi connectivity index (χ0v) is 23.6. The number of benzene rings is 1. The monoisotopic (exact) mass is 566 g/mol. The lowest BCUT2D eigenvalue weighted by atomic mass is 10.1. The third kappa shape index (κ3) is 10.9. The molecule has 1 N–H and O–H groups in total. The van der Waals surface area contributed by atoms with Gasteiger partial charge in [-0.25, -0.2) is 0 Å². The molecule has 0 radical (unpaired) electrons. The summed E-state index contributed by atoms with van der Waals surface area (Å²) < 4.78 is 11.8. The molecule has 1 aromatic rings. The molecule has 1 atom stereocenters.